The first-order valence-corrected chi connectivity index (χ1v) is 6.10. The molecule has 3 N–H and O–H groups in total. The highest BCUT2D eigenvalue weighted by Gasteiger charge is 2.15. The number of aliphatic carboxylic acids is 1. The lowest BCUT2D eigenvalue weighted by Crippen LogP contribution is -2.30. The summed E-state index contributed by atoms with van der Waals surface area (Å²) in [5.74, 6) is -0.621. The van der Waals surface area contributed by atoms with E-state index in [9.17, 15) is 4.79 Å². The zero-order valence-corrected chi connectivity index (χ0v) is 10.9. The minimum absolute atomic E-state index is 0.0471. The van der Waals surface area contributed by atoms with E-state index in [2.05, 4.69) is 10.2 Å². The maximum absolute atomic E-state index is 10.5. The van der Waals surface area contributed by atoms with E-state index in [-0.39, 0.29) is 11.8 Å². The van der Waals surface area contributed by atoms with Gasteiger partial charge in [-0.3, -0.25) is 9.36 Å². The Morgan fingerprint density at radius 1 is 1.59 bits per heavy atom. The Morgan fingerprint density at radius 2 is 2.24 bits per heavy atom. The molecular formula is C9H17N5O2S. The quantitative estimate of drug-likeness (QED) is 0.693. The lowest BCUT2D eigenvalue weighted by Gasteiger charge is -2.21. The fourth-order valence-electron chi connectivity index (χ4n) is 1.13. The molecule has 8 heteroatoms. The van der Waals surface area contributed by atoms with Gasteiger partial charge in [-0.05, 0) is 21.0 Å². The lowest BCUT2D eigenvalue weighted by atomic mass is 10.3. The van der Waals surface area contributed by atoms with Gasteiger partial charge in [-0.15, -0.1) is 10.2 Å². The second-order valence-corrected chi connectivity index (χ2v) is 4.89. The van der Waals surface area contributed by atoms with Gasteiger partial charge in [0, 0.05) is 12.6 Å². The third-order valence-corrected chi connectivity index (χ3v) is 3.35. The van der Waals surface area contributed by atoms with E-state index in [0.29, 0.717) is 17.6 Å². The van der Waals surface area contributed by atoms with E-state index >= 15 is 0 Å². The van der Waals surface area contributed by atoms with Gasteiger partial charge in [-0.2, -0.15) is 0 Å². The molecule has 1 heterocycles. The van der Waals surface area contributed by atoms with E-state index < -0.39 is 5.97 Å². The summed E-state index contributed by atoms with van der Waals surface area (Å²) in [4.78, 5) is 12.6. The molecule has 96 valence electrons. The van der Waals surface area contributed by atoms with Crippen molar-refractivity contribution >= 4 is 23.7 Å². The minimum Gasteiger partial charge on any atom is -0.481 e. The number of nitrogens with zero attached hydrogens (tertiary/aromatic N) is 4. The molecule has 1 unspecified atom stereocenters. The molecule has 0 amide bonds. The molecule has 1 atom stereocenters. The molecule has 1 aromatic rings. The van der Waals surface area contributed by atoms with Crippen LogP contribution in [0.5, 0.6) is 0 Å². The highest BCUT2D eigenvalue weighted by molar-refractivity contribution is 7.99. The zero-order chi connectivity index (χ0) is 13.0. The number of anilines is 1. The molecule has 0 bridgehead atoms. The fourth-order valence-corrected chi connectivity index (χ4v) is 1.81. The lowest BCUT2D eigenvalue weighted by molar-refractivity contribution is -0.133. The molecular weight excluding hydrogens is 242 g/mol. The van der Waals surface area contributed by atoms with Crippen LogP contribution in [0.2, 0.25) is 0 Å². The number of carboxylic acids is 1. The molecule has 0 fully saturated rings. The Kier molecular flexibility index (Phi) is 4.76. The van der Waals surface area contributed by atoms with Gasteiger partial charge < -0.3 is 15.7 Å². The van der Waals surface area contributed by atoms with E-state index in [1.807, 2.05) is 25.9 Å². The van der Waals surface area contributed by atoms with Crippen molar-refractivity contribution in [3.05, 3.63) is 0 Å². The number of hydrogen-bond acceptors (Lipinski definition) is 6. The fraction of sp³-hybridized carbons (Fsp3) is 0.667. The Labute approximate surface area is 104 Å². The number of rotatable bonds is 6. The number of hydrogen-bond donors (Lipinski definition) is 2. The largest absolute Gasteiger partial charge is 0.481 e. The van der Waals surface area contributed by atoms with Crippen molar-refractivity contribution in [3.63, 3.8) is 0 Å². The smallest absolute Gasteiger partial charge is 0.313 e. The molecule has 1 aromatic heterocycles. The van der Waals surface area contributed by atoms with Crippen LogP contribution in [0.25, 0.3) is 0 Å². The van der Waals surface area contributed by atoms with Gasteiger partial charge in [0.1, 0.15) is 0 Å². The highest BCUT2D eigenvalue weighted by atomic mass is 32.2. The van der Waals surface area contributed by atoms with Crippen molar-refractivity contribution in [1.29, 1.82) is 0 Å². The maximum Gasteiger partial charge on any atom is 0.313 e. The van der Waals surface area contributed by atoms with Crippen molar-refractivity contribution in [1.82, 2.24) is 19.7 Å². The molecule has 0 aliphatic carbocycles. The van der Waals surface area contributed by atoms with Gasteiger partial charge in [-0.1, -0.05) is 11.8 Å². The van der Waals surface area contributed by atoms with Crippen LogP contribution in [0.1, 0.15) is 6.92 Å². The summed E-state index contributed by atoms with van der Waals surface area (Å²) < 4.78 is 1.73. The minimum atomic E-state index is -0.885. The summed E-state index contributed by atoms with van der Waals surface area (Å²) in [6.45, 7) is 2.68. The van der Waals surface area contributed by atoms with Crippen LogP contribution < -0.4 is 5.73 Å². The molecule has 0 radical (unpaired) electrons. The summed E-state index contributed by atoms with van der Waals surface area (Å²) in [5.41, 5.74) is 5.71. The van der Waals surface area contributed by atoms with Gasteiger partial charge in [-0.25, -0.2) is 0 Å². The number of likely N-dealkylation sites (N-methyl/N-ethyl adjacent to an activating group) is 1. The van der Waals surface area contributed by atoms with Crippen molar-refractivity contribution < 1.29 is 9.90 Å². The summed E-state index contributed by atoms with van der Waals surface area (Å²) in [5, 5.41) is 16.8. The van der Waals surface area contributed by atoms with Crippen LogP contribution in [0.3, 0.4) is 0 Å². The van der Waals surface area contributed by atoms with Gasteiger partial charge in [0.25, 0.3) is 0 Å². The van der Waals surface area contributed by atoms with Crippen molar-refractivity contribution in [2.45, 2.75) is 24.7 Å². The second-order valence-electron chi connectivity index (χ2n) is 3.95. The molecule has 0 saturated carbocycles. The average molecular weight is 259 g/mol. The summed E-state index contributed by atoms with van der Waals surface area (Å²) in [7, 11) is 3.94. The first-order valence-electron chi connectivity index (χ1n) is 5.11. The van der Waals surface area contributed by atoms with Crippen molar-refractivity contribution in [2.75, 3.05) is 25.6 Å². The van der Waals surface area contributed by atoms with E-state index in [1.165, 1.54) is 0 Å². The zero-order valence-electron chi connectivity index (χ0n) is 10.1. The number of aromatic nitrogens is 3. The van der Waals surface area contributed by atoms with Crippen LogP contribution in [0.15, 0.2) is 5.16 Å². The van der Waals surface area contributed by atoms with E-state index in [1.54, 1.807) is 4.57 Å². The first-order chi connectivity index (χ1) is 7.91. The van der Waals surface area contributed by atoms with Crippen LogP contribution >= 0.6 is 11.8 Å². The van der Waals surface area contributed by atoms with Crippen molar-refractivity contribution in [3.8, 4) is 0 Å². The predicted octanol–water partition coefficient (Wildman–Crippen LogP) is -0.0129. The van der Waals surface area contributed by atoms with Gasteiger partial charge >= 0.3 is 5.97 Å². The van der Waals surface area contributed by atoms with Crippen molar-refractivity contribution in [2.24, 2.45) is 0 Å². The molecule has 0 spiro atoms. The molecule has 0 saturated heterocycles. The Balaban J connectivity index is 2.75. The van der Waals surface area contributed by atoms with Gasteiger partial charge in [0.15, 0.2) is 5.16 Å². The molecule has 17 heavy (non-hydrogen) atoms. The van der Waals surface area contributed by atoms with Crippen LogP contribution in [0.4, 0.5) is 5.95 Å². The number of carboxylic acid groups (broad SMARTS) is 1. The summed E-state index contributed by atoms with van der Waals surface area (Å²) in [6, 6.07) is 0.262. The van der Waals surface area contributed by atoms with E-state index in [0.717, 1.165) is 11.8 Å². The summed E-state index contributed by atoms with van der Waals surface area (Å²) >= 11 is 1.12. The van der Waals surface area contributed by atoms with E-state index in [4.69, 9.17) is 10.8 Å². The normalized spacial score (nSPS) is 12.9. The Morgan fingerprint density at radius 3 is 2.76 bits per heavy atom. The number of nitrogen functional groups attached to an aromatic ring is 1. The Bertz CT molecular complexity index is 393. The standard InChI is InChI=1S/C9H17N5O2S/c1-6(13(2)3)4-14-8(10)11-12-9(14)17-5-7(15)16/h6H,4-5H2,1-3H3,(H2,10,11)(H,15,16). The van der Waals surface area contributed by atoms with Crippen LogP contribution in [-0.4, -0.2) is 56.6 Å². The molecule has 0 aliphatic heterocycles. The Hall–Kier alpha value is -1.28. The average Bonchev–Trinajstić information content (AvgIpc) is 2.57. The molecule has 1 rings (SSSR count). The predicted molar refractivity (Wildman–Crippen MR) is 65.9 cm³/mol. The monoisotopic (exact) mass is 259 g/mol. The summed E-state index contributed by atoms with van der Waals surface area (Å²) in [6.07, 6.45) is 0. The number of carbonyl (C=O) groups is 1. The molecule has 7 nitrogen and oxygen atoms in total. The van der Waals surface area contributed by atoms with Crippen LogP contribution in [-0.2, 0) is 11.3 Å². The third kappa shape index (κ3) is 3.90. The first kappa shape index (κ1) is 13.8. The molecule has 0 aliphatic rings. The number of thioether (sulfide) groups is 1. The van der Waals surface area contributed by atoms with Gasteiger partial charge in [0.2, 0.25) is 5.95 Å². The third-order valence-electron chi connectivity index (χ3n) is 2.40. The topological polar surface area (TPSA) is 97.3 Å². The number of nitrogens with two attached hydrogens (primary N) is 1. The highest BCUT2D eigenvalue weighted by Crippen LogP contribution is 2.18. The van der Waals surface area contributed by atoms with Crippen LogP contribution in [0, 0.1) is 0 Å². The second kappa shape index (κ2) is 5.87. The SMILES string of the molecule is CC(Cn1c(N)nnc1SCC(=O)O)N(C)C. The van der Waals surface area contributed by atoms with Gasteiger partial charge in [0.05, 0.1) is 5.75 Å². The molecule has 0 aromatic carbocycles. The maximum atomic E-state index is 10.5.